The predicted octanol–water partition coefficient (Wildman–Crippen LogP) is 5.79. The first-order valence-corrected chi connectivity index (χ1v) is 8.18. The third-order valence-corrected chi connectivity index (χ3v) is 4.23. The lowest BCUT2D eigenvalue weighted by atomic mass is 9.99. The molecule has 0 spiro atoms. The molecular weight excluding hydrogens is 396 g/mol. The van der Waals surface area contributed by atoms with Crippen molar-refractivity contribution in [1.82, 2.24) is 15.0 Å². The monoisotopic (exact) mass is 405 g/mol. The summed E-state index contributed by atoms with van der Waals surface area (Å²) in [6.07, 6.45) is -2.60. The summed E-state index contributed by atoms with van der Waals surface area (Å²) in [5, 5.41) is 0.297. The van der Waals surface area contributed by atoms with Crippen LogP contribution in [0.5, 0.6) is 0 Å². The fraction of sp³-hybridized carbons (Fsp3) is 0.0500. The average molecular weight is 405 g/mol. The molecule has 0 amide bonds. The Hall–Kier alpha value is -3.49. The van der Waals surface area contributed by atoms with Gasteiger partial charge in [-0.15, -0.1) is 0 Å². The van der Waals surface area contributed by atoms with Gasteiger partial charge in [0.05, 0.1) is 6.20 Å². The minimum Gasteiger partial charge on any atom is -0.250 e. The molecule has 146 valence electrons. The third-order valence-electron chi connectivity index (χ3n) is 4.23. The summed E-state index contributed by atoms with van der Waals surface area (Å²) in [7, 11) is 0. The van der Waals surface area contributed by atoms with E-state index in [2.05, 4.69) is 15.0 Å². The Balaban J connectivity index is 1.88. The highest BCUT2D eigenvalue weighted by molar-refractivity contribution is 5.93. The molecule has 4 rings (SSSR count). The van der Waals surface area contributed by atoms with Crippen molar-refractivity contribution in [2.45, 2.75) is 6.18 Å². The van der Waals surface area contributed by atoms with Gasteiger partial charge in [0.25, 0.3) is 0 Å². The van der Waals surface area contributed by atoms with Crippen molar-refractivity contribution in [3.8, 4) is 22.4 Å². The summed E-state index contributed by atoms with van der Waals surface area (Å²) < 4.78 is 80.1. The van der Waals surface area contributed by atoms with Crippen LogP contribution in [0.4, 0.5) is 26.3 Å². The number of halogens is 6. The standard InChI is InChI=1S/C20H9F6N3/c21-11-8-16(23)18(28-9-11)14-7-10(1-3-15(14)22)12-5-6-27-19-13(12)2-4-17(29-19)20(24,25)26/h1-9H. The number of aromatic nitrogens is 3. The van der Waals surface area contributed by atoms with E-state index >= 15 is 0 Å². The summed E-state index contributed by atoms with van der Waals surface area (Å²) in [6.45, 7) is 0. The highest BCUT2D eigenvalue weighted by atomic mass is 19.4. The number of rotatable bonds is 2. The molecule has 9 heteroatoms. The van der Waals surface area contributed by atoms with Gasteiger partial charge in [-0.2, -0.15) is 13.2 Å². The zero-order chi connectivity index (χ0) is 20.8. The number of pyridine rings is 3. The molecule has 3 nitrogen and oxygen atoms in total. The quantitative estimate of drug-likeness (QED) is 0.396. The first-order valence-electron chi connectivity index (χ1n) is 8.18. The van der Waals surface area contributed by atoms with Crippen LogP contribution in [0.3, 0.4) is 0 Å². The van der Waals surface area contributed by atoms with Crippen molar-refractivity contribution in [1.29, 1.82) is 0 Å². The Labute approximate surface area is 159 Å². The molecule has 29 heavy (non-hydrogen) atoms. The minimum atomic E-state index is -4.62. The average Bonchev–Trinajstić information content (AvgIpc) is 2.67. The highest BCUT2D eigenvalue weighted by Gasteiger charge is 2.32. The van der Waals surface area contributed by atoms with E-state index in [0.29, 0.717) is 22.6 Å². The number of hydrogen-bond donors (Lipinski definition) is 0. The van der Waals surface area contributed by atoms with Gasteiger partial charge in [-0.1, -0.05) is 6.07 Å². The molecule has 0 saturated heterocycles. The van der Waals surface area contributed by atoms with Crippen LogP contribution >= 0.6 is 0 Å². The molecule has 0 aliphatic rings. The minimum absolute atomic E-state index is 0.144. The van der Waals surface area contributed by atoms with Crippen LogP contribution in [0.2, 0.25) is 0 Å². The van der Waals surface area contributed by atoms with Crippen LogP contribution in [0, 0.1) is 17.5 Å². The fourth-order valence-corrected chi connectivity index (χ4v) is 2.93. The molecule has 0 radical (unpaired) electrons. The van der Waals surface area contributed by atoms with Crippen LogP contribution in [-0.2, 0) is 6.18 Å². The molecule has 0 fully saturated rings. The Morgan fingerprint density at radius 3 is 2.28 bits per heavy atom. The molecule has 0 atom stereocenters. The van der Waals surface area contributed by atoms with Gasteiger partial charge in [0.1, 0.15) is 23.0 Å². The van der Waals surface area contributed by atoms with Crippen molar-refractivity contribution in [3.63, 3.8) is 0 Å². The van der Waals surface area contributed by atoms with Crippen LogP contribution in [0.15, 0.2) is 54.9 Å². The summed E-state index contributed by atoms with van der Waals surface area (Å²) in [6, 6.07) is 7.87. The topological polar surface area (TPSA) is 38.7 Å². The molecule has 4 aromatic rings. The van der Waals surface area contributed by atoms with E-state index in [1.165, 1.54) is 30.5 Å². The predicted molar refractivity (Wildman–Crippen MR) is 93.1 cm³/mol. The van der Waals surface area contributed by atoms with E-state index in [9.17, 15) is 26.3 Å². The zero-order valence-corrected chi connectivity index (χ0v) is 14.3. The maximum Gasteiger partial charge on any atom is 0.433 e. The van der Waals surface area contributed by atoms with Crippen LogP contribution in [0.25, 0.3) is 33.4 Å². The second-order valence-corrected chi connectivity index (χ2v) is 6.10. The van der Waals surface area contributed by atoms with Crippen molar-refractivity contribution >= 4 is 11.0 Å². The molecule has 0 aliphatic heterocycles. The van der Waals surface area contributed by atoms with Gasteiger partial charge < -0.3 is 0 Å². The lowest BCUT2D eigenvalue weighted by Crippen LogP contribution is -2.08. The summed E-state index contributed by atoms with van der Waals surface area (Å²) >= 11 is 0. The molecule has 0 N–H and O–H groups in total. The number of benzene rings is 1. The van der Waals surface area contributed by atoms with E-state index in [1.54, 1.807) is 0 Å². The summed E-state index contributed by atoms with van der Waals surface area (Å²) in [4.78, 5) is 11.0. The second kappa shape index (κ2) is 6.84. The molecule has 0 unspecified atom stereocenters. The lowest BCUT2D eigenvalue weighted by Gasteiger charge is -2.11. The van der Waals surface area contributed by atoms with Crippen molar-refractivity contribution in [2.24, 2.45) is 0 Å². The number of hydrogen-bond acceptors (Lipinski definition) is 3. The molecule has 0 saturated carbocycles. The van der Waals surface area contributed by atoms with Crippen LogP contribution < -0.4 is 0 Å². The fourth-order valence-electron chi connectivity index (χ4n) is 2.93. The number of fused-ring (bicyclic) bond motifs is 1. The largest absolute Gasteiger partial charge is 0.433 e. The van der Waals surface area contributed by atoms with E-state index in [-0.39, 0.29) is 16.9 Å². The van der Waals surface area contributed by atoms with Gasteiger partial charge >= 0.3 is 6.18 Å². The summed E-state index contributed by atoms with van der Waals surface area (Å²) in [5.74, 6) is -2.74. The first-order chi connectivity index (χ1) is 13.7. The molecule has 0 aliphatic carbocycles. The van der Waals surface area contributed by atoms with Crippen molar-refractivity contribution < 1.29 is 26.3 Å². The molecule has 3 heterocycles. The Bertz CT molecular complexity index is 1240. The van der Waals surface area contributed by atoms with Gasteiger partial charge in [-0.25, -0.2) is 23.1 Å². The molecular formula is C20H9F6N3. The van der Waals surface area contributed by atoms with Crippen LogP contribution in [-0.4, -0.2) is 15.0 Å². The van der Waals surface area contributed by atoms with Crippen molar-refractivity contribution in [2.75, 3.05) is 0 Å². The normalized spacial score (nSPS) is 11.8. The second-order valence-electron chi connectivity index (χ2n) is 6.10. The molecule has 1 aromatic carbocycles. The third kappa shape index (κ3) is 3.51. The molecule has 0 bridgehead atoms. The van der Waals surface area contributed by atoms with E-state index in [4.69, 9.17) is 0 Å². The zero-order valence-electron chi connectivity index (χ0n) is 14.3. The molecule has 3 aromatic heterocycles. The number of nitrogens with zero attached hydrogens (tertiary/aromatic N) is 3. The lowest BCUT2D eigenvalue weighted by molar-refractivity contribution is -0.141. The summed E-state index contributed by atoms with van der Waals surface area (Å²) in [5.41, 5.74) is -1.05. The Morgan fingerprint density at radius 1 is 0.759 bits per heavy atom. The van der Waals surface area contributed by atoms with Crippen LogP contribution in [0.1, 0.15) is 5.69 Å². The maximum atomic E-state index is 14.3. The SMILES string of the molecule is Fc1cnc(-c2cc(-c3ccnc4nc(C(F)(F)F)ccc34)ccc2F)c(F)c1. The Morgan fingerprint density at radius 2 is 1.55 bits per heavy atom. The maximum absolute atomic E-state index is 14.3. The van der Waals surface area contributed by atoms with Crippen molar-refractivity contribution in [3.05, 3.63) is 78.0 Å². The smallest absolute Gasteiger partial charge is 0.250 e. The van der Waals surface area contributed by atoms with Gasteiger partial charge in [-0.05, 0) is 41.5 Å². The first kappa shape index (κ1) is 18.9. The number of alkyl halides is 3. The van der Waals surface area contributed by atoms with Gasteiger partial charge in [0.15, 0.2) is 11.5 Å². The van der Waals surface area contributed by atoms with E-state index in [1.807, 2.05) is 0 Å². The van der Waals surface area contributed by atoms with Gasteiger partial charge in [0.2, 0.25) is 0 Å². The highest BCUT2D eigenvalue weighted by Crippen LogP contribution is 2.34. The van der Waals surface area contributed by atoms with Gasteiger partial charge in [-0.3, -0.25) is 4.98 Å². The van der Waals surface area contributed by atoms with E-state index in [0.717, 1.165) is 18.3 Å². The Kier molecular flexibility index (Phi) is 4.45. The van der Waals surface area contributed by atoms with Gasteiger partial charge in [0, 0.05) is 23.2 Å². The van der Waals surface area contributed by atoms with E-state index < -0.39 is 29.3 Å².